The molecule has 0 unspecified atom stereocenters. The van der Waals surface area contributed by atoms with Gasteiger partial charge in [0.05, 0.1) is 0 Å². The van der Waals surface area contributed by atoms with Crippen molar-refractivity contribution in [3.63, 3.8) is 0 Å². The van der Waals surface area contributed by atoms with Gasteiger partial charge in [0.1, 0.15) is 0 Å². The molecule has 2 nitrogen and oxygen atoms in total. The fourth-order valence-corrected chi connectivity index (χ4v) is 4.89. The predicted octanol–water partition coefficient (Wildman–Crippen LogP) is 1.82. The van der Waals surface area contributed by atoms with Gasteiger partial charge in [-0.2, -0.15) is 0 Å². The molecule has 0 aliphatic heterocycles. The fraction of sp³-hybridized carbons (Fsp3) is 0.333. The fourth-order valence-electron chi connectivity index (χ4n) is 1.54. The normalized spacial score (nSPS) is 8.57. The van der Waals surface area contributed by atoms with E-state index in [1.807, 2.05) is 0 Å². The molecule has 0 atom stereocenters. The van der Waals surface area contributed by atoms with Gasteiger partial charge in [-0.25, -0.2) is 0 Å². The molecular formula is C18H24O2Sn. The van der Waals surface area contributed by atoms with Crippen LogP contribution in [0, 0.1) is 0 Å². The minimum absolute atomic E-state index is 0. The van der Waals surface area contributed by atoms with E-state index in [2.05, 4.69) is 60.7 Å². The molecule has 0 radical (unpaired) electrons. The summed E-state index contributed by atoms with van der Waals surface area (Å²) in [7, 11) is 0. The summed E-state index contributed by atoms with van der Waals surface area (Å²) in [6.07, 6.45) is 0. The van der Waals surface area contributed by atoms with Crippen molar-refractivity contribution in [2.75, 3.05) is 13.2 Å². The summed E-state index contributed by atoms with van der Waals surface area (Å²) < 4.78 is 2.69. The van der Waals surface area contributed by atoms with Gasteiger partial charge in [-0.3, -0.25) is 0 Å². The van der Waals surface area contributed by atoms with Crippen molar-refractivity contribution in [2.24, 2.45) is 0 Å². The van der Waals surface area contributed by atoms with Gasteiger partial charge in [0, 0.05) is 0 Å². The first-order chi connectivity index (χ1) is 10.3. The molecule has 2 aromatic carbocycles. The summed E-state index contributed by atoms with van der Waals surface area (Å²) in [6, 6.07) is 21.7. The maximum atomic E-state index is 8.93. The molecule has 0 saturated carbocycles. The maximum absolute atomic E-state index is 8.93. The zero-order chi connectivity index (χ0) is 15.8. The molecule has 0 aliphatic carbocycles. The van der Waals surface area contributed by atoms with E-state index in [1.54, 1.807) is 13.8 Å². The van der Waals surface area contributed by atoms with Gasteiger partial charge >= 0.3 is 102 Å². The molecule has 3 heteroatoms. The molecule has 0 aromatic heterocycles. The van der Waals surface area contributed by atoms with Crippen molar-refractivity contribution >= 4 is 21.1 Å². The summed E-state index contributed by atoms with van der Waals surface area (Å²) >= 11 is -0.258. The molecular weight excluding hydrogens is 367 g/mol. The van der Waals surface area contributed by atoms with Gasteiger partial charge in [0.25, 0.3) is 0 Å². The molecule has 2 rings (SSSR count). The third kappa shape index (κ3) is 12.6. The van der Waals surface area contributed by atoms with Gasteiger partial charge in [-0.1, -0.05) is 13.8 Å². The average Bonchev–Trinajstić information content (AvgIpc) is 2.51. The molecule has 0 saturated heterocycles. The van der Waals surface area contributed by atoms with Crippen molar-refractivity contribution in [3.8, 4) is 0 Å². The molecule has 2 aromatic rings. The van der Waals surface area contributed by atoms with E-state index in [1.165, 1.54) is 20.0 Å². The van der Waals surface area contributed by atoms with Crippen LogP contribution in [0.25, 0.3) is 0 Å². The second kappa shape index (κ2) is 15.5. The van der Waals surface area contributed by atoms with Crippen LogP contribution in [0.5, 0.6) is 0 Å². The standard InChI is InChI=1S/2C7H7.2C2H5O.Sn/c2*1-7-5-3-2-4-6-7;2*1-2-3;/h2*2-6H,1H2;2*2H2,1H3;/q;;2*-1;+2. The van der Waals surface area contributed by atoms with Gasteiger partial charge < -0.3 is 10.2 Å². The topological polar surface area (TPSA) is 46.1 Å². The number of benzene rings is 2. The van der Waals surface area contributed by atoms with Crippen LogP contribution in [0.1, 0.15) is 25.0 Å². The third-order valence-electron chi connectivity index (χ3n) is 2.34. The number of hydrogen-bond donors (Lipinski definition) is 0. The Balaban J connectivity index is 0.000000578. The average molecular weight is 391 g/mol. The van der Waals surface area contributed by atoms with Gasteiger partial charge in [0.2, 0.25) is 0 Å². The van der Waals surface area contributed by atoms with Crippen molar-refractivity contribution < 1.29 is 10.2 Å². The van der Waals surface area contributed by atoms with E-state index in [0.717, 1.165) is 0 Å². The van der Waals surface area contributed by atoms with Crippen molar-refractivity contribution in [3.05, 3.63) is 71.8 Å². The zero-order valence-electron chi connectivity index (χ0n) is 12.9. The Bertz CT molecular complexity index is 376. The minimum atomic E-state index is -0.258. The van der Waals surface area contributed by atoms with Gasteiger partial charge in [-0.15, -0.1) is 13.2 Å². The number of hydrogen-bond acceptors (Lipinski definition) is 2. The molecule has 112 valence electrons. The third-order valence-corrected chi connectivity index (χ3v) is 6.10. The molecule has 0 N–H and O–H groups in total. The summed E-state index contributed by atoms with van der Waals surface area (Å²) in [4.78, 5) is 0. The van der Waals surface area contributed by atoms with E-state index in [9.17, 15) is 0 Å². The molecule has 0 heterocycles. The Hall–Kier alpha value is -0.841. The Morgan fingerprint density at radius 1 is 0.667 bits per heavy atom. The molecule has 21 heavy (non-hydrogen) atoms. The van der Waals surface area contributed by atoms with Crippen LogP contribution in [0.4, 0.5) is 0 Å². The Morgan fingerprint density at radius 2 is 0.952 bits per heavy atom. The first kappa shape index (κ1) is 20.2. The molecule has 0 fully saturated rings. The van der Waals surface area contributed by atoms with Crippen LogP contribution in [0.2, 0.25) is 0 Å². The monoisotopic (exact) mass is 392 g/mol. The van der Waals surface area contributed by atoms with Crippen molar-refractivity contribution in [2.45, 2.75) is 22.7 Å². The van der Waals surface area contributed by atoms with Crippen LogP contribution >= 0.6 is 0 Å². The van der Waals surface area contributed by atoms with E-state index in [4.69, 9.17) is 10.2 Å². The summed E-state index contributed by atoms with van der Waals surface area (Å²) in [5.74, 6) is 0. The Kier molecular flexibility index (Phi) is 14.9. The first-order valence-electron chi connectivity index (χ1n) is 7.23. The van der Waals surface area contributed by atoms with Crippen LogP contribution in [0.15, 0.2) is 60.7 Å². The number of rotatable bonds is 4. The Labute approximate surface area is 139 Å². The first-order valence-corrected chi connectivity index (χ1v) is 11.3. The zero-order valence-corrected chi connectivity index (χ0v) is 15.8. The van der Waals surface area contributed by atoms with Crippen LogP contribution in [-0.2, 0) is 8.87 Å². The molecule has 0 spiro atoms. The molecule has 0 aliphatic rings. The van der Waals surface area contributed by atoms with Crippen LogP contribution < -0.4 is 10.2 Å². The molecule has 0 amide bonds. The van der Waals surface area contributed by atoms with Crippen LogP contribution in [0.3, 0.4) is 0 Å². The summed E-state index contributed by atoms with van der Waals surface area (Å²) in [5.41, 5.74) is 3.03. The summed E-state index contributed by atoms with van der Waals surface area (Å²) in [5, 5.41) is 17.9. The van der Waals surface area contributed by atoms with Gasteiger partial charge in [0.15, 0.2) is 0 Å². The SMILES string of the molecule is CC[O-].CC[O-].c1ccc([CH2][Sn+2][CH2]c2ccccc2)cc1. The van der Waals surface area contributed by atoms with E-state index >= 15 is 0 Å². The summed E-state index contributed by atoms with van der Waals surface area (Å²) in [6.45, 7) is 3.14. The van der Waals surface area contributed by atoms with E-state index < -0.39 is 0 Å². The van der Waals surface area contributed by atoms with Crippen molar-refractivity contribution in [1.82, 2.24) is 0 Å². The second-order valence-electron chi connectivity index (χ2n) is 4.15. The van der Waals surface area contributed by atoms with E-state index in [0.29, 0.717) is 0 Å². The van der Waals surface area contributed by atoms with Crippen LogP contribution in [-0.4, -0.2) is 34.4 Å². The molecule has 0 bridgehead atoms. The quantitative estimate of drug-likeness (QED) is 0.747. The predicted molar refractivity (Wildman–Crippen MR) is 87.1 cm³/mol. The Morgan fingerprint density at radius 3 is 1.24 bits per heavy atom. The van der Waals surface area contributed by atoms with Crippen molar-refractivity contribution in [1.29, 1.82) is 0 Å². The van der Waals surface area contributed by atoms with E-state index in [-0.39, 0.29) is 34.4 Å². The second-order valence-corrected chi connectivity index (χ2v) is 7.60. The van der Waals surface area contributed by atoms with Gasteiger partial charge in [-0.05, 0) is 0 Å².